The minimum absolute atomic E-state index is 0.00719. The zero-order valence-electron chi connectivity index (χ0n) is 32.4. The highest BCUT2D eigenvalue weighted by atomic mass is 16.3. The van der Waals surface area contributed by atoms with Crippen LogP contribution in [-0.2, 0) is 41.6 Å². The molecular weight excluding hydrogens is 688 g/mol. The molecule has 6 atom stereocenters. The normalized spacial score (nSPS) is 25.0. The van der Waals surface area contributed by atoms with Crippen molar-refractivity contribution in [2.24, 2.45) is 17.8 Å². The molecule has 6 N–H and O–H groups in total. The number of nitrogens with one attached hydrogen (secondary N) is 5. The topological polar surface area (TPSA) is 186 Å². The number of rotatable bonds is 10. The summed E-state index contributed by atoms with van der Waals surface area (Å²) in [5, 5.41) is 24.2. The van der Waals surface area contributed by atoms with Gasteiger partial charge in [0, 0.05) is 19.4 Å². The fourth-order valence-corrected chi connectivity index (χ4v) is 7.10. The summed E-state index contributed by atoms with van der Waals surface area (Å²) in [5.74, 6) is -3.23. The van der Waals surface area contributed by atoms with Crippen molar-refractivity contribution in [1.82, 2.24) is 31.5 Å². The Morgan fingerprint density at radius 1 is 0.556 bits per heavy atom. The fourth-order valence-electron chi connectivity index (χ4n) is 7.10. The summed E-state index contributed by atoms with van der Waals surface area (Å²) in [5.41, 5.74) is 1.42. The van der Waals surface area contributed by atoms with Crippen LogP contribution in [0.5, 0.6) is 5.75 Å². The molecule has 2 aromatic carbocycles. The highest BCUT2D eigenvalue weighted by Gasteiger charge is 2.41. The van der Waals surface area contributed by atoms with Crippen LogP contribution in [0.4, 0.5) is 0 Å². The van der Waals surface area contributed by atoms with Crippen molar-refractivity contribution in [2.45, 2.75) is 123 Å². The summed E-state index contributed by atoms with van der Waals surface area (Å²) < 4.78 is 0. The van der Waals surface area contributed by atoms with Crippen LogP contribution in [0.25, 0.3) is 0 Å². The first kappa shape index (κ1) is 41.8. The second-order valence-corrected chi connectivity index (χ2v) is 15.9. The van der Waals surface area contributed by atoms with Crippen molar-refractivity contribution >= 4 is 35.4 Å². The summed E-state index contributed by atoms with van der Waals surface area (Å²) in [6.07, 6.45) is 1.87. The fraction of sp³-hybridized carbons (Fsp3) is 0.561. The molecule has 2 fully saturated rings. The van der Waals surface area contributed by atoms with Gasteiger partial charge in [0.15, 0.2) is 0 Å². The van der Waals surface area contributed by atoms with Gasteiger partial charge in [0.05, 0.1) is 0 Å². The Morgan fingerprint density at radius 3 is 1.46 bits per heavy atom. The predicted molar refractivity (Wildman–Crippen MR) is 205 cm³/mol. The number of fused-ring (bicyclic) bond motifs is 1. The van der Waals surface area contributed by atoms with Crippen molar-refractivity contribution in [3.8, 4) is 5.75 Å². The first-order valence-corrected chi connectivity index (χ1v) is 19.2. The van der Waals surface area contributed by atoms with Crippen LogP contribution in [0.15, 0.2) is 54.6 Å². The molecule has 13 nitrogen and oxygen atoms in total. The van der Waals surface area contributed by atoms with Crippen LogP contribution < -0.4 is 26.6 Å². The molecule has 0 unspecified atom stereocenters. The summed E-state index contributed by atoms with van der Waals surface area (Å²) in [6, 6.07) is 9.20. The third-order valence-electron chi connectivity index (χ3n) is 9.77. The summed E-state index contributed by atoms with van der Waals surface area (Å²) >= 11 is 0. The third kappa shape index (κ3) is 12.0. The second-order valence-electron chi connectivity index (χ2n) is 15.9. The standard InChI is InChI=1S/C41H58N6O7/c1-24(2)19-30-36(49)44-32(22-27-11-8-7-9-12-27)38(51)43-31(20-25(3)4)37(50)46-34(21-26(5)6)41(54)47-18-10-13-35(47)40(53)45-33(39(52)42-30)23-28-14-16-29(48)17-15-28/h7-9,11-12,14-17,24-26,30-35,48H,10,13,18-23H2,1-6H3,(H,42,52)(H,43,51)(H,44,49)(H,45,53)(H,46,50)/t30-,31-,32-,33-,34-,35-/m0/s1. The van der Waals surface area contributed by atoms with Crippen LogP contribution in [0.2, 0.25) is 0 Å². The van der Waals surface area contributed by atoms with Gasteiger partial charge in [-0.3, -0.25) is 28.8 Å². The van der Waals surface area contributed by atoms with E-state index < -0.39 is 71.7 Å². The average molecular weight is 747 g/mol. The van der Waals surface area contributed by atoms with Gasteiger partial charge in [0.1, 0.15) is 42.0 Å². The number of nitrogens with zero attached hydrogens (tertiary/aromatic N) is 1. The van der Waals surface area contributed by atoms with Gasteiger partial charge in [0.2, 0.25) is 35.4 Å². The van der Waals surface area contributed by atoms with E-state index in [1.54, 1.807) is 12.1 Å². The molecule has 294 valence electrons. The predicted octanol–water partition coefficient (Wildman–Crippen LogP) is 2.74. The third-order valence-corrected chi connectivity index (χ3v) is 9.77. The van der Waals surface area contributed by atoms with E-state index in [0.717, 1.165) is 5.56 Å². The molecule has 2 aliphatic heterocycles. The lowest BCUT2D eigenvalue weighted by Crippen LogP contribution is -2.62. The first-order chi connectivity index (χ1) is 25.6. The van der Waals surface area contributed by atoms with Crippen molar-refractivity contribution in [3.63, 3.8) is 0 Å². The van der Waals surface area contributed by atoms with E-state index in [2.05, 4.69) is 26.6 Å². The van der Waals surface area contributed by atoms with E-state index in [0.29, 0.717) is 31.4 Å². The van der Waals surface area contributed by atoms with E-state index in [-0.39, 0.29) is 49.2 Å². The number of aromatic hydroxyl groups is 1. The van der Waals surface area contributed by atoms with E-state index >= 15 is 0 Å². The van der Waals surface area contributed by atoms with Crippen LogP contribution in [0.1, 0.15) is 84.8 Å². The molecule has 6 amide bonds. The summed E-state index contributed by atoms with van der Waals surface area (Å²) in [7, 11) is 0. The second kappa shape index (κ2) is 19.4. The van der Waals surface area contributed by atoms with Crippen molar-refractivity contribution < 1.29 is 33.9 Å². The van der Waals surface area contributed by atoms with Gasteiger partial charge in [-0.05, 0) is 73.1 Å². The Hall–Kier alpha value is -4.94. The average Bonchev–Trinajstić information content (AvgIpc) is 3.60. The smallest absolute Gasteiger partial charge is 0.245 e. The molecule has 0 bridgehead atoms. The maximum absolute atomic E-state index is 14.2. The summed E-state index contributed by atoms with van der Waals surface area (Å²) in [6.45, 7) is 11.8. The Balaban J connectivity index is 1.78. The Kier molecular flexibility index (Phi) is 15.0. The molecule has 54 heavy (non-hydrogen) atoms. The number of amides is 6. The van der Waals surface area contributed by atoms with Crippen molar-refractivity contribution in [3.05, 3.63) is 65.7 Å². The van der Waals surface area contributed by atoms with Crippen LogP contribution in [0, 0.1) is 17.8 Å². The largest absolute Gasteiger partial charge is 0.508 e. The zero-order valence-corrected chi connectivity index (χ0v) is 32.4. The molecule has 2 saturated heterocycles. The lowest BCUT2D eigenvalue weighted by molar-refractivity contribution is -0.143. The van der Waals surface area contributed by atoms with Gasteiger partial charge in [-0.15, -0.1) is 0 Å². The SMILES string of the molecule is CC(C)C[C@@H]1NC(=O)[C@H](Cc2ccc(O)cc2)NC(=O)[C@@H]2CCCN2C(=O)[C@H](CC(C)C)NC(=O)[C@H](CC(C)C)NC(=O)[C@H](Cc2ccccc2)NC1=O. The number of benzene rings is 2. The van der Waals surface area contributed by atoms with E-state index in [9.17, 15) is 33.9 Å². The van der Waals surface area contributed by atoms with E-state index in [1.165, 1.54) is 17.0 Å². The van der Waals surface area contributed by atoms with E-state index in [1.807, 2.05) is 71.9 Å². The highest BCUT2D eigenvalue weighted by molar-refractivity contribution is 5.98. The molecule has 0 saturated carbocycles. The molecule has 0 aromatic heterocycles. The Morgan fingerprint density at radius 2 is 0.963 bits per heavy atom. The lowest BCUT2D eigenvalue weighted by Gasteiger charge is -2.32. The van der Waals surface area contributed by atoms with Crippen LogP contribution in [-0.4, -0.2) is 88.2 Å². The minimum atomic E-state index is -1.15. The maximum Gasteiger partial charge on any atom is 0.245 e. The zero-order chi connectivity index (χ0) is 39.5. The Bertz CT molecular complexity index is 1610. The summed E-state index contributed by atoms with van der Waals surface area (Å²) in [4.78, 5) is 86.2. The highest BCUT2D eigenvalue weighted by Crippen LogP contribution is 2.22. The number of phenolic OH excluding ortho intramolecular Hbond substituents is 1. The van der Waals surface area contributed by atoms with Gasteiger partial charge < -0.3 is 36.6 Å². The molecule has 0 radical (unpaired) electrons. The number of phenols is 1. The minimum Gasteiger partial charge on any atom is -0.508 e. The van der Waals surface area contributed by atoms with Crippen LogP contribution >= 0.6 is 0 Å². The lowest BCUT2D eigenvalue weighted by atomic mass is 9.98. The molecule has 2 aliphatic rings. The maximum atomic E-state index is 14.2. The molecule has 13 heteroatoms. The molecule has 0 spiro atoms. The van der Waals surface area contributed by atoms with Gasteiger partial charge in [-0.1, -0.05) is 84.0 Å². The Labute approximate surface area is 318 Å². The van der Waals surface area contributed by atoms with Gasteiger partial charge in [0.25, 0.3) is 0 Å². The number of carbonyl (C=O) groups is 6. The van der Waals surface area contributed by atoms with Crippen molar-refractivity contribution in [1.29, 1.82) is 0 Å². The number of carbonyl (C=O) groups excluding carboxylic acids is 6. The molecular formula is C41H58N6O7. The first-order valence-electron chi connectivity index (χ1n) is 19.2. The van der Waals surface area contributed by atoms with Gasteiger partial charge >= 0.3 is 0 Å². The molecule has 0 aliphatic carbocycles. The molecule has 2 aromatic rings. The van der Waals surface area contributed by atoms with Gasteiger partial charge in [-0.2, -0.15) is 0 Å². The number of hydrogen-bond acceptors (Lipinski definition) is 7. The molecule has 4 rings (SSSR count). The van der Waals surface area contributed by atoms with E-state index in [4.69, 9.17) is 0 Å². The molecule has 2 heterocycles. The van der Waals surface area contributed by atoms with Gasteiger partial charge in [-0.25, -0.2) is 0 Å². The quantitative estimate of drug-likeness (QED) is 0.216. The monoisotopic (exact) mass is 746 g/mol. The van der Waals surface area contributed by atoms with Crippen molar-refractivity contribution in [2.75, 3.05) is 6.54 Å². The number of hydrogen-bond donors (Lipinski definition) is 6. The van der Waals surface area contributed by atoms with Crippen LogP contribution in [0.3, 0.4) is 0 Å².